The van der Waals surface area contributed by atoms with Crippen LogP contribution in [0.2, 0.25) is 0 Å². The van der Waals surface area contributed by atoms with Gasteiger partial charge in [0.1, 0.15) is 0 Å². The summed E-state index contributed by atoms with van der Waals surface area (Å²) in [5.74, 6) is 0.703. The first kappa shape index (κ1) is 12.0. The smallest absolute Gasteiger partial charge is 0.161 e. The minimum atomic E-state index is -0.0703. The van der Waals surface area contributed by atoms with Crippen LogP contribution in [-0.2, 0) is 0 Å². The van der Waals surface area contributed by atoms with E-state index in [0.717, 1.165) is 22.4 Å². The van der Waals surface area contributed by atoms with E-state index in [-0.39, 0.29) is 5.38 Å². The van der Waals surface area contributed by atoms with E-state index in [4.69, 9.17) is 11.6 Å². The summed E-state index contributed by atoms with van der Waals surface area (Å²) in [6.45, 7) is 5.89. The Morgan fingerprint density at radius 2 is 2.00 bits per heavy atom. The first-order valence-corrected chi connectivity index (χ1v) is 5.92. The molecule has 3 nitrogen and oxygen atoms in total. The summed E-state index contributed by atoms with van der Waals surface area (Å²) < 4.78 is 0. The van der Waals surface area contributed by atoms with E-state index in [1.54, 1.807) is 18.6 Å². The zero-order valence-electron chi connectivity index (χ0n) is 10.1. The van der Waals surface area contributed by atoms with Crippen molar-refractivity contribution in [1.29, 1.82) is 0 Å². The molecule has 2 rings (SSSR count). The van der Waals surface area contributed by atoms with Crippen molar-refractivity contribution in [3.63, 3.8) is 0 Å². The summed E-state index contributed by atoms with van der Waals surface area (Å²) in [5.41, 5.74) is 3.97. The first-order valence-electron chi connectivity index (χ1n) is 5.48. The number of hydrogen-bond acceptors (Lipinski definition) is 3. The summed E-state index contributed by atoms with van der Waals surface area (Å²) in [4.78, 5) is 12.9. The molecule has 0 bridgehead atoms. The zero-order valence-corrected chi connectivity index (χ0v) is 10.9. The quantitative estimate of drug-likeness (QED) is 0.763. The fourth-order valence-corrected chi connectivity index (χ4v) is 1.91. The predicted octanol–water partition coefficient (Wildman–Crippen LogP) is 3.46. The van der Waals surface area contributed by atoms with Crippen LogP contribution in [-0.4, -0.2) is 15.0 Å². The molecular formula is C13H14ClN3. The number of aryl methyl sites for hydroxylation is 2. The van der Waals surface area contributed by atoms with Crippen molar-refractivity contribution in [3.05, 3.63) is 41.5 Å². The summed E-state index contributed by atoms with van der Waals surface area (Å²) in [6.07, 6.45) is 5.34. The number of aromatic nitrogens is 3. The lowest BCUT2D eigenvalue weighted by Gasteiger charge is -2.09. The molecule has 2 aromatic heterocycles. The van der Waals surface area contributed by atoms with E-state index >= 15 is 0 Å². The average molecular weight is 248 g/mol. The van der Waals surface area contributed by atoms with E-state index in [2.05, 4.69) is 15.0 Å². The van der Waals surface area contributed by atoms with Crippen molar-refractivity contribution in [2.24, 2.45) is 0 Å². The second kappa shape index (κ2) is 4.80. The van der Waals surface area contributed by atoms with Crippen LogP contribution < -0.4 is 0 Å². The van der Waals surface area contributed by atoms with Crippen LogP contribution >= 0.6 is 11.6 Å². The van der Waals surface area contributed by atoms with Gasteiger partial charge in [0.15, 0.2) is 5.82 Å². The Bertz CT molecular complexity index is 538. The van der Waals surface area contributed by atoms with Gasteiger partial charge in [0.2, 0.25) is 0 Å². The normalized spacial score (nSPS) is 12.5. The number of hydrogen-bond donors (Lipinski definition) is 0. The lowest BCUT2D eigenvalue weighted by Crippen LogP contribution is -1.99. The third-order valence-electron chi connectivity index (χ3n) is 2.73. The summed E-state index contributed by atoms with van der Waals surface area (Å²) >= 11 is 6.05. The highest BCUT2D eigenvalue weighted by molar-refractivity contribution is 6.20. The predicted molar refractivity (Wildman–Crippen MR) is 69.0 cm³/mol. The highest BCUT2D eigenvalue weighted by atomic mass is 35.5. The Kier molecular flexibility index (Phi) is 3.38. The lowest BCUT2D eigenvalue weighted by atomic mass is 10.1. The number of rotatable bonds is 2. The molecule has 0 aliphatic heterocycles. The van der Waals surface area contributed by atoms with Crippen LogP contribution in [0, 0.1) is 13.8 Å². The second-order valence-corrected chi connectivity index (χ2v) is 4.70. The molecule has 4 heteroatoms. The highest BCUT2D eigenvalue weighted by Gasteiger charge is 2.10. The standard InChI is InChI=1S/C13H14ClN3/c1-8-4-5-15-6-11(8)13-16-7-12(9(2)14)10(3)17-13/h4-7,9H,1-3H3. The Balaban J connectivity index is 2.49. The molecule has 2 aromatic rings. The minimum Gasteiger partial charge on any atom is -0.264 e. The maximum Gasteiger partial charge on any atom is 0.161 e. The van der Waals surface area contributed by atoms with Crippen LogP contribution in [0.4, 0.5) is 0 Å². The molecule has 1 atom stereocenters. The number of nitrogens with zero attached hydrogens (tertiary/aromatic N) is 3. The van der Waals surface area contributed by atoms with E-state index < -0.39 is 0 Å². The number of alkyl halides is 1. The largest absolute Gasteiger partial charge is 0.264 e. The van der Waals surface area contributed by atoms with Crippen molar-refractivity contribution < 1.29 is 0 Å². The summed E-state index contributed by atoms with van der Waals surface area (Å²) in [5, 5.41) is -0.0703. The number of pyridine rings is 1. The van der Waals surface area contributed by atoms with Gasteiger partial charge in [0.05, 0.1) is 5.38 Å². The average Bonchev–Trinajstić information content (AvgIpc) is 2.29. The lowest BCUT2D eigenvalue weighted by molar-refractivity contribution is 0.974. The Morgan fingerprint density at radius 1 is 1.24 bits per heavy atom. The van der Waals surface area contributed by atoms with Gasteiger partial charge >= 0.3 is 0 Å². The topological polar surface area (TPSA) is 38.7 Å². The molecule has 0 aliphatic carbocycles. The van der Waals surface area contributed by atoms with Gasteiger partial charge < -0.3 is 0 Å². The molecule has 1 unspecified atom stereocenters. The van der Waals surface area contributed by atoms with Crippen molar-refractivity contribution in [2.75, 3.05) is 0 Å². The Morgan fingerprint density at radius 3 is 2.59 bits per heavy atom. The molecule has 0 aromatic carbocycles. The van der Waals surface area contributed by atoms with Gasteiger partial charge in [-0.25, -0.2) is 9.97 Å². The van der Waals surface area contributed by atoms with E-state index in [0.29, 0.717) is 5.82 Å². The fourth-order valence-electron chi connectivity index (χ4n) is 1.69. The summed E-state index contributed by atoms with van der Waals surface area (Å²) in [7, 11) is 0. The zero-order chi connectivity index (χ0) is 12.4. The van der Waals surface area contributed by atoms with Gasteiger partial charge in [-0.2, -0.15) is 0 Å². The van der Waals surface area contributed by atoms with Crippen LogP contribution in [0.3, 0.4) is 0 Å². The molecule has 2 heterocycles. The minimum absolute atomic E-state index is 0.0703. The molecule has 0 spiro atoms. The molecule has 0 N–H and O–H groups in total. The molecule has 0 saturated heterocycles. The molecule has 17 heavy (non-hydrogen) atoms. The molecule has 0 saturated carbocycles. The third-order valence-corrected chi connectivity index (χ3v) is 2.96. The maximum atomic E-state index is 6.05. The summed E-state index contributed by atoms with van der Waals surface area (Å²) in [6, 6.07) is 1.95. The van der Waals surface area contributed by atoms with Crippen molar-refractivity contribution in [3.8, 4) is 11.4 Å². The highest BCUT2D eigenvalue weighted by Crippen LogP contribution is 2.24. The van der Waals surface area contributed by atoms with E-state index in [1.807, 2.05) is 26.8 Å². The van der Waals surface area contributed by atoms with Gasteiger partial charge in [0, 0.05) is 35.4 Å². The van der Waals surface area contributed by atoms with Crippen LogP contribution in [0.5, 0.6) is 0 Å². The number of halogens is 1. The molecule has 0 amide bonds. The first-order chi connectivity index (χ1) is 8.09. The Hall–Kier alpha value is -1.48. The van der Waals surface area contributed by atoms with Crippen molar-refractivity contribution >= 4 is 11.6 Å². The second-order valence-electron chi connectivity index (χ2n) is 4.04. The van der Waals surface area contributed by atoms with E-state index in [1.165, 1.54) is 0 Å². The van der Waals surface area contributed by atoms with Crippen LogP contribution in [0.15, 0.2) is 24.7 Å². The van der Waals surface area contributed by atoms with Crippen molar-refractivity contribution in [1.82, 2.24) is 15.0 Å². The van der Waals surface area contributed by atoms with Crippen LogP contribution in [0.1, 0.15) is 29.1 Å². The fraction of sp³-hybridized carbons (Fsp3) is 0.308. The van der Waals surface area contributed by atoms with Gasteiger partial charge in [0.25, 0.3) is 0 Å². The molecule has 0 fully saturated rings. The van der Waals surface area contributed by atoms with Gasteiger partial charge in [-0.1, -0.05) is 0 Å². The van der Waals surface area contributed by atoms with Gasteiger partial charge in [-0.05, 0) is 32.4 Å². The molecule has 0 aliphatic rings. The SMILES string of the molecule is Cc1ccncc1-c1ncc(C(C)Cl)c(C)n1. The Labute approximate surface area is 106 Å². The van der Waals surface area contributed by atoms with Gasteiger partial charge in [-0.3, -0.25) is 4.98 Å². The van der Waals surface area contributed by atoms with Crippen LogP contribution in [0.25, 0.3) is 11.4 Å². The van der Waals surface area contributed by atoms with Gasteiger partial charge in [-0.15, -0.1) is 11.6 Å². The van der Waals surface area contributed by atoms with Crippen molar-refractivity contribution in [2.45, 2.75) is 26.1 Å². The monoisotopic (exact) mass is 247 g/mol. The van der Waals surface area contributed by atoms with E-state index in [9.17, 15) is 0 Å². The molecule has 0 radical (unpaired) electrons. The molecular weight excluding hydrogens is 234 g/mol. The third kappa shape index (κ3) is 2.44. The molecule has 88 valence electrons. The maximum absolute atomic E-state index is 6.05.